The molecule has 1 saturated carbocycles. The molecule has 5 heteroatoms. The Morgan fingerprint density at radius 2 is 2.18 bits per heavy atom. The second kappa shape index (κ2) is 5.71. The van der Waals surface area contributed by atoms with Crippen LogP contribution in [0.4, 0.5) is 0 Å². The van der Waals surface area contributed by atoms with Crippen molar-refractivity contribution in [2.24, 2.45) is 5.92 Å². The van der Waals surface area contributed by atoms with Crippen molar-refractivity contribution in [1.29, 1.82) is 0 Å². The third kappa shape index (κ3) is 3.34. The van der Waals surface area contributed by atoms with E-state index in [9.17, 15) is 0 Å². The van der Waals surface area contributed by atoms with Crippen LogP contribution in [0.15, 0.2) is 16.6 Å². The summed E-state index contributed by atoms with van der Waals surface area (Å²) in [5.41, 5.74) is 3.05. The van der Waals surface area contributed by atoms with Crippen molar-refractivity contribution < 1.29 is 14.7 Å². The molecule has 0 amide bonds. The Bertz CT molecular complexity index is 394. The summed E-state index contributed by atoms with van der Waals surface area (Å²) in [6.45, 7) is 1.11. The van der Waals surface area contributed by atoms with Gasteiger partial charge in [0.2, 0.25) is 0 Å². The van der Waals surface area contributed by atoms with Gasteiger partial charge in [0, 0.05) is 11.0 Å². The van der Waals surface area contributed by atoms with Crippen molar-refractivity contribution >= 4 is 15.9 Å². The molecule has 94 valence electrons. The molecule has 1 aromatic carbocycles. The third-order valence-corrected chi connectivity index (χ3v) is 3.51. The number of rotatable bonds is 6. The maximum absolute atomic E-state index is 8.72. The number of hydrogen-bond acceptors (Lipinski definition) is 4. The van der Waals surface area contributed by atoms with E-state index in [1.54, 1.807) is 7.11 Å². The Labute approximate surface area is 109 Å². The molecule has 0 bridgehead atoms. The highest BCUT2D eigenvalue weighted by Gasteiger charge is 2.22. The summed E-state index contributed by atoms with van der Waals surface area (Å²) in [4.78, 5) is 0. The molecule has 0 aliphatic heterocycles. The number of halogens is 1. The van der Waals surface area contributed by atoms with Crippen LogP contribution in [0.3, 0.4) is 0 Å². The second-order valence-corrected chi connectivity index (χ2v) is 5.04. The Morgan fingerprint density at radius 3 is 2.76 bits per heavy atom. The Balaban J connectivity index is 2.14. The summed E-state index contributed by atoms with van der Waals surface area (Å²) < 4.78 is 11.9. The standard InChI is InChI=1S/C12H16BrNO3/c1-16-11-4-9(6-14-15)10(13)5-12(11)17-7-8-2-3-8/h4-5,8,14-15H,2-3,6-7H2,1H3. The van der Waals surface area contributed by atoms with Crippen LogP contribution in [0.1, 0.15) is 18.4 Å². The smallest absolute Gasteiger partial charge is 0.162 e. The molecule has 17 heavy (non-hydrogen) atoms. The van der Waals surface area contributed by atoms with Crippen LogP contribution in [-0.2, 0) is 6.54 Å². The van der Waals surface area contributed by atoms with Gasteiger partial charge in [0.25, 0.3) is 0 Å². The molecule has 0 atom stereocenters. The van der Waals surface area contributed by atoms with Gasteiger partial charge >= 0.3 is 0 Å². The minimum atomic E-state index is 0.361. The lowest BCUT2D eigenvalue weighted by atomic mass is 10.2. The third-order valence-electron chi connectivity index (χ3n) is 2.77. The molecule has 0 heterocycles. The zero-order valence-electron chi connectivity index (χ0n) is 9.70. The quantitative estimate of drug-likeness (QED) is 0.793. The van der Waals surface area contributed by atoms with Crippen LogP contribution in [0.5, 0.6) is 11.5 Å². The van der Waals surface area contributed by atoms with Crippen LogP contribution in [-0.4, -0.2) is 18.9 Å². The number of ether oxygens (including phenoxy) is 2. The van der Waals surface area contributed by atoms with E-state index >= 15 is 0 Å². The summed E-state index contributed by atoms with van der Waals surface area (Å²) in [7, 11) is 1.61. The van der Waals surface area contributed by atoms with Gasteiger partial charge in [-0.1, -0.05) is 15.9 Å². The van der Waals surface area contributed by atoms with Gasteiger partial charge in [0.1, 0.15) is 0 Å². The first-order chi connectivity index (χ1) is 8.24. The molecule has 0 saturated heterocycles. The fourth-order valence-corrected chi connectivity index (χ4v) is 2.02. The van der Waals surface area contributed by atoms with E-state index < -0.39 is 0 Å². The molecule has 0 radical (unpaired) electrons. The molecule has 2 N–H and O–H groups in total. The molecular weight excluding hydrogens is 286 g/mol. The van der Waals surface area contributed by atoms with Gasteiger partial charge in [-0.2, -0.15) is 0 Å². The first-order valence-corrected chi connectivity index (χ1v) is 6.40. The van der Waals surface area contributed by atoms with E-state index in [4.69, 9.17) is 14.7 Å². The predicted molar refractivity (Wildman–Crippen MR) is 67.5 cm³/mol. The summed E-state index contributed by atoms with van der Waals surface area (Å²) in [6, 6.07) is 3.74. The van der Waals surface area contributed by atoms with Crippen LogP contribution >= 0.6 is 15.9 Å². The number of nitrogens with one attached hydrogen (secondary N) is 1. The zero-order valence-corrected chi connectivity index (χ0v) is 11.3. The van der Waals surface area contributed by atoms with Gasteiger partial charge in [0.05, 0.1) is 13.7 Å². The summed E-state index contributed by atoms with van der Waals surface area (Å²) in [6.07, 6.45) is 2.52. The minimum Gasteiger partial charge on any atom is -0.493 e. The van der Waals surface area contributed by atoms with Gasteiger partial charge in [0.15, 0.2) is 11.5 Å². The molecule has 1 aliphatic carbocycles. The van der Waals surface area contributed by atoms with Crippen molar-refractivity contribution in [2.75, 3.05) is 13.7 Å². The fourth-order valence-electron chi connectivity index (χ4n) is 1.56. The molecule has 1 aromatic rings. The van der Waals surface area contributed by atoms with Crippen LogP contribution in [0.25, 0.3) is 0 Å². The van der Waals surface area contributed by atoms with E-state index in [-0.39, 0.29) is 0 Å². The van der Waals surface area contributed by atoms with Crippen molar-refractivity contribution in [3.05, 3.63) is 22.2 Å². The Morgan fingerprint density at radius 1 is 1.41 bits per heavy atom. The van der Waals surface area contributed by atoms with E-state index in [0.29, 0.717) is 18.2 Å². The molecule has 4 nitrogen and oxygen atoms in total. The van der Waals surface area contributed by atoms with E-state index in [1.165, 1.54) is 12.8 Å². The highest BCUT2D eigenvalue weighted by atomic mass is 79.9. The second-order valence-electron chi connectivity index (χ2n) is 4.18. The van der Waals surface area contributed by atoms with E-state index in [1.807, 2.05) is 12.1 Å². The molecular formula is C12H16BrNO3. The highest BCUT2D eigenvalue weighted by molar-refractivity contribution is 9.10. The van der Waals surface area contributed by atoms with Gasteiger partial charge in [-0.05, 0) is 36.5 Å². The number of hydroxylamine groups is 1. The van der Waals surface area contributed by atoms with E-state index in [0.717, 1.165) is 22.4 Å². The minimum absolute atomic E-state index is 0.361. The van der Waals surface area contributed by atoms with Crippen molar-refractivity contribution in [1.82, 2.24) is 5.48 Å². The lowest BCUT2D eigenvalue weighted by Crippen LogP contribution is -2.08. The van der Waals surface area contributed by atoms with Crippen LogP contribution < -0.4 is 15.0 Å². The predicted octanol–water partition coefficient (Wildman–Crippen LogP) is 2.73. The SMILES string of the molecule is COc1cc(CNO)c(Br)cc1OCC1CC1. The topological polar surface area (TPSA) is 50.7 Å². The first kappa shape index (κ1) is 12.7. The molecule has 2 rings (SSSR count). The van der Waals surface area contributed by atoms with Crippen molar-refractivity contribution in [3.8, 4) is 11.5 Å². The summed E-state index contributed by atoms with van der Waals surface area (Å²) >= 11 is 3.45. The number of methoxy groups -OCH3 is 1. The van der Waals surface area contributed by atoms with Crippen molar-refractivity contribution in [3.63, 3.8) is 0 Å². The summed E-state index contributed by atoms with van der Waals surface area (Å²) in [5.74, 6) is 2.14. The van der Waals surface area contributed by atoms with Crippen LogP contribution in [0, 0.1) is 5.92 Å². The Hall–Kier alpha value is -0.780. The zero-order chi connectivity index (χ0) is 12.3. The van der Waals surface area contributed by atoms with Gasteiger partial charge in [-0.3, -0.25) is 0 Å². The average molecular weight is 302 g/mol. The fraction of sp³-hybridized carbons (Fsp3) is 0.500. The lowest BCUT2D eigenvalue weighted by molar-refractivity contribution is 0.161. The largest absolute Gasteiger partial charge is 0.493 e. The number of hydrogen-bond donors (Lipinski definition) is 2. The molecule has 0 aromatic heterocycles. The number of benzene rings is 1. The normalized spacial score (nSPS) is 14.8. The van der Waals surface area contributed by atoms with Gasteiger partial charge < -0.3 is 14.7 Å². The van der Waals surface area contributed by atoms with Gasteiger partial charge in [-0.15, -0.1) is 0 Å². The van der Waals surface area contributed by atoms with Crippen LogP contribution in [0.2, 0.25) is 0 Å². The molecule has 1 aliphatic rings. The maximum atomic E-state index is 8.72. The maximum Gasteiger partial charge on any atom is 0.162 e. The lowest BCUT2D eigenvalue weighted by Gasteiger charge is -2.13. The summed E-state index contributed by atoms with van der Waals surface area (Å²) in [5, 5.41) is 8.72. The Kier molecular flexibility index (Phi) is 4.25. The average Bonchev–Trinajstić information content (AvgIpc) is 3.13. The van der Waals surface area contributed by atoms with Crippen molar-refractivity contribution in [2.45, 2.75) is 19.4 Å². The molecule has 0 unspecified atom stereocenters. The monoisotopic (exact) mass is 301 g/mol. The van der Waals surface area contributed by atoms with Gasteiger partial charge in [-0.25, -0.2) is 5.48 Å². The molecule has 1 fully saturated rings. The molecule has 0 spiro atoms. The highest BCUT2D eigenvalue weighted by Crippen LogP contribution is 2.36. The van der Waals surface area contributed by atoms with E-state index in [2.05, 4.69) is 21.4 Å². The first-order valence-electron chi connectivity index (χ1n) is 5.60.